The molecular formula is C11H9NO2. The van der Waals surface area contributed by atoms with E-state index in [4.69, 9.17) is 0 Å². The molecule has 0 N–H and O–H groups in total. The van der Waals surface area contributed by atoms with Gasteiger partial charge in [-0.25, -0.2) is 0 Å². The van der Waals surface area contributed by atoms with Crippen LogP contribution >= 0.6 is 0 Å². The fourth-order valence-electron chi connectivity index (χ4n) is 1.48. The molecule has 1 aromatic heterocycles. The Bertz CT molecular complexity index is 554. The molecule has 0 atom stereocenters. The number of benzene rings is 1. The Morgan fingerprint density at radius 2 is 1.93 bits per heavy atom. The first kappa shape index (κ1) is 8.69. The van der Waals surface area contributed by atoms with E-state index in [0.29, 0.717) is 10.9 Å². The summed E-state index contributed by atoms with van der Waals surface area (Å²) in [5.74, 6) is -0.0961. The van der Waals surface area contributed by atoms with Gasteiger partial charge in [-0.15, -0.1) is 0 Å². The van der Waals surface area contributed by atoms with Crippen molar-refractivity contribution >= 4 is 16.8 Å². The smallest absolute Gasteiger partial charge is 0.227 e. The van der Waals surface area contributed by atoms with E-state index in [1.54, 1.807) is 24.3 Å². The normalized spacial score (nSPS) is 10.4. The summed E-state index contributed by atoms with van der Waals surface area (Å²) in [6, 6.07) is 8.48. The van der Waals surface area contributed by atoms with E-state index < -0.39 is 0 Å². The Morgan fingerprint density at radius 3 is 2.64 bits per heavy atom. The fourth-order valence-corrected chi connectivity index (χ4v) is 1.48. The van der Waals surface area contributed by atoms with E-state index in [0.717, 1.165) is 0 Å². The minimum absolute atomic E-state index is 0.0573. The van der Waals surface area contributed by atoms with Crippen LogP contribution in [0.15, 0.2) is 41.3 Å². The molecule has 0 spiro atoms. The lowest BCUT2D eigenvalue weighted by Gasteiger charge is -2.05. The molecule has 0 saturated heterocycles. The van der Waals surface area contributed by atoms with E-state index >= 15 is 0 Å². The minimum Gasteiger partial charge on any atom is -0.289 e. The van der Waals surface area contributed by atoms with Crippen LogP contribution in [0.1, 0.15) is 11.7 Å². The lowest BCUT2D eigenvalue weighted by molar-refractivity contribution is 0.0941. The van der Waals surface area contributed by atoms with Crippen LogP contribution in [0.2, 0.25) is 0 Å². The molecule has 0 amide bonds. The van der Waals surface area contributed by atoms with Crippen molar-refractivity contribution in [3.8, 4) is 0 Å². The molecular weight excluding hydrogens is 178 g/mol. The van der Waals surface area contributed by atoms with Gasteiger partial charge in [0.05, 0.1) is 5.52 Å². The van der Waals surface area contributed by atoms with Gasteiger partial charge >= 0.3 is 0 Å². The third-order valence-electron chi connectivity index (χ3n) is 2.14. The number of aromatic nitrogens is 1. The van der Waals surface area contributed by atoms with Crippen LogP contribution < -0.4 is 5.43 Å². The van der Waals surface area contributed by atoms with E-state index in [1.807, 2.05) is 0 Å². The van der Waals surface area contributed by atoms with Crippen molar-refractivity contribution in [2.75, 3.05) is 0 Å². The van der Waals surface area contributed by atoms with Crippen LogP contribution in [0.25, 0.3) is 10.9 Å². The molecule has 0 saturated carbocycles. The number of carbonyl (C=O) groups is 1. The van der Waals surface area contributed by atoms with Crippen LogP contribution in [0.4, 0.5) is 0 Å². The minimum atomic E-state index is -0.0961. The molecule has 70 valence electrons. The van der Waals surface area contributed by atoms with E-state index in [9.17, 15) is 9.59 Å². The largest absolute Gasteiger partial charge is 0.289 e. The number of fused-ring (bicyclic) bond motifs is 1. The monoisotopic (exact) mass is 187 g/mol. The molecule has 0 fully saturated rings. The number of hydrogen-bond acceptors (Lipinski definition) is 2. The fraction of sp³-hybridized carbons (Fsp3) is 0.0909. The van der Waals surface area contributed by atoms with Gasteiger partial charge in [0.25, 0.3) is 0 Å². The number of rotatable bonds is 0. The highest BCUT2D eigenvalue weighted by atomic mass is 16.1. The van der Waals surface area contributed by atoms with Crippen LogP contribution in [-0.4, -0.2) is 10.5 Å². The predicted molar refractivity (Wildman–Crippen MR) is 54.5 cm³/mol. The number of nitrogens with zero attached hydrogens (tertiary/aromatic N) is 1. The zero-order chi connectivity index (χ0) is 10.1. The first-order chi connectivity index (χ1) is 6.70. The highest BCUT2D eigenvalue weighted by Gasteiger charge is 2.03. The van der Waals surface area contributed by atoms with Crippen LogP contribution in [-0.2, 0) is 0 Å². The summed E-state index contributed by atoms with van der Waals surface area (Å²) in [7, 11) is 0. The lowest BCUT2D eigenvalue weighted by Crippen LogP contribution is -2.11. The van der Waals surface area contributed by atoms with Crippen molar-refractivity contribution in [2.24, 2.45) is 0 Å². The average molecular weight is 187 g/mol. The van der Waals surface area contributed by atoms with Gasteiger partial charge in [0.1, 0.15) is 0 Å². The van der Waals surface area contributed by atoms with Crippen molar-refractivity contribution in [3.05, 3.63) is 46.8 Å². The Balaban J connectivity index is 2.96. The molecule has 1 heterocycles. The van der Waals surface area contributed by atoms with Crippen LogP contribution in [0.3, 0.4) is 0 Å². The first-order valence-corrected chi connectivity index (χ1v) is 4.31. The Kier molecular flexibility index (Phi) is 1.93. The first-order valence-electron chi connectivity index (χ1n) is 4.31. The average Bonchev–Trinajstić information content (AvgIpc) is 2.18. The number of carbonyl (C=O) groups excluding carboxylic acids is 1. The molecule has 2 rings (SSSR count). The van der Waals surface area contributed by atoms with Crippen LogP contribution in [0, 0.1) is 0 Å². The third kappa shape index (κ3) is 1.23. The molecule has 1 aromatic carbocycles. The van der Waals surface area contributed by atoms with Gasteiger partial charge in [-0.1, -0.05) is 12.1 Å². The quantitative estimate of drug-likeness (QED) is 0.629. The van der Waals surface area contributed by atoms with Gasteiger partial charge < -0.3 is 0 Å². The second kappa shape index (κ2) is 3.10. The second-order valence-corrected chi connectivity index (χ2v) is 3.09. The molecule has 3 nitrogen and oxygen atoms in total. The van der Waals surface area contributed by atoms with Crippen molar-refractivity contribution in [3.63, 3.8) is 0 Å². The summed E-state index contributed by atoms with van der Waals surface area (Å²) < 4.78 is 1.47. The Hall–Kier alpha value is -1.90. The van der Waals surface area contributed by atoms with Crippen molar-refractivity contribution in [1.29, 1.82) is 0 Å². The molecule has 0 aliphatic rings. The summed E-state index contributed by atoms with van der Waals surface area (Å²) in [5, 5.41) is 0.574. The van der Waals surface area contributed by atoms with Crippen LogP contribution in [0.5, 0.6) is 0 Å². The maximum absolute atomic E-state index is 11.4. The molecule has 3 heteroatoms. The Labute approximate surface area is 80.6 Å². The van der Waals surface area contributed by atoms with Gasteiger partial charge in [-0.05, 0) is 12.1 Å². The van der Waals surface area contributed by atoms with Gasteiger partial charge in [-0.3, -0.25) is 14.2 Å². The van der Waals surface area contributed by atoms with Gasteiger partial charge in [-0.2, -0.15) is 0 Å². The SMILES string of the molecule is CC(=O)n1ccc(=O)c2ccccc21. The molecule has 14 heavy (non-hydrogen) atoms. The summed E-state index contributed by atoms with van der Waals surface area (Å²) in [6.07, 6.45) is 1.51. The molecule has 0 radical (unpaired) electrons. The zero-order valence-corrected chi connectivity index (χ0v) is 7.73. The predicted octanol–water partition coefficient (Wildman–Crippen LogP) is 1.66. The standard InChI is InChI=1S/C11H9NO2/c1-8(13)12-7-6-11(14)9-4-2-3-5-10(9)12/h2-7H,1H3. The molecule has 0 aliphatic carbocycles. The maximum atomic E-state index is 11.4. The highest BCUT2D eigenvalue weighted by Crippen LogP contribution is 2.08. The topological polar surface area (TPSA) is 39.1 Å². The second-order valence-electron chi connectivity index (χ2n) is 3.09. The highest BCUT2D eigenvalue weighted by molar-refractivity contribution is 5.89. The van der Waals surface area contributed by atoms with E-state index in [1.165, 1.54) is 23.8 Å². The third-order valence-corrected chi connectivity index (χ3v) is 2.14. The van der Waals surface area contributed by atoms with Crippen molar-refractivity contribution < 1.29 is 4.79 Å². The summed E-state index contributed by atoms with van der Waals surface area (Å²) >= 11 is 0. The number of para-hydroxylation sites is 1. The number of hydrogen-bond donors (Lipinski definition) is 0. The van der Waals surface area contributed by atoms with E-state index in [2.05, 4.69) is 0 Å². The molecule has 0 bridgehead atoms. The van der Waals surface area contributed by atoms with Gasteiger partial charge in [0, 0.05) is 24.6 Å². The zero-order valence-electron chi connectivity index (χ0n) is 7.73. The summed E-state index contributed by atoms with van der Waals surface area (Å²) in [4.78, 5) is 22.7. The van der Waals surface area contributed by atoms with E-state index in [-0.39, 0.29) is 11.3 Å². The number of pyridine rings is 1. The molecule has 2 aromatic rings. The van der Waals surface area contributed by atoms with Crippen molar-refractivity contribution in [2.45, 2.75) is 6.92 Å². The van der Waals surface area contributed by atoms with Gasteiger partial charge in [0.15, 0.2) is 5.43 Å². The van der Waals surface area contributed by atoms with Gasteiger partial charge in [0.2, 0.25) is 5.91 Å². The van der Waals surface area contributed by atoms with Crippen molar-refractivity contribution in [1.82, 2.24) is 4.57 Å². The Morgan fingerprint density at radius 1 is 1.21 bits per heavy atom. The molecule has 0 unspecified atom stereocenters. The lowest BCUT2D eigenvalue weighted by atomic mass is 10.2. The summed E-state index contributed by atoms with van der Waals surface area (Å²) in [6.45, 7) is 1.47. The summed E-state index contributed by atoms with van der Waals surface area (Å²) in [5.41, 5.74) is 0.602. The maximum Gasteiger partial charge on any atom is 0.227 e. The molecule has 0 aliphatic heterocycles.